The predicted molar refractivity (Wildman–Crippen MR) is 66.1 cm³/mol. The molecule has 0 aliphatic carbocycles. The topological polar surface area (TPSA) is 43.3 Å². The lowest BCUT2D eigenvalue weighted by Crippen LogP contribution is -2.41. The Morgan fingerprint density at radius 3 is 2.88 bits per heavy atom. The molecule has 2 heterocycles. The molecule has 4 heteroatoms. The lowest BCUT2D eigenvalue weighted by Gasteiger charge is -2.20. The highest BCUT2D eigenvalue weighted by Crippen LogP contribution is 2.16. The maximum absolute atomic E-state index is 12.1. The molecule has 0 unspecified atom stereocenters. The van der Waals surface area contributed by atoms with Crippen LogP contribution in [-0.4, -0.2) is 29.2 Å². The van der Waals surface area contributed by atoms with Crippen molar-refractivity contribution in [2.24, 2.45) is 7.05 Å². The van der Waals surface area contributed by atoms with Crippen molar-refractivity contribution in [2.75, 3.05) is 6.61 Å². The van der Waals surface area contributed by atoms with Gasteiger partial charge in [0.1, 0.15) is 5.69 Å². The fourth-order valence-corrected chi connectivity index (χ4v) is 2.21. The van der Waals surface area contributed by atoms with Gasteiger partial charge in [-0.25, -0.2) is 0 Å². The third-order valence-electron chi connectivity index (χ3n) is 3.49. The summed E-state index contributed by atoms with van der Waals surface area (Å²) in [4.78, 5) is 12.1. The summed E-state index contributed by atoms with van der Waals surface area (Å²) in [6.45, 7) is 4.80. The van der Waals surface area contributed by atoms with E-state index in [1.165, 1.54) is 0 Å². The summed E-state index contributed by atoms with van der Waals surface area (Å²) < 4.78 is 7.47. The van der Waals surface area contributed by atoms with Crippen LogP contribution in [0.5, 0.6) is 0 Å². The largest absolute Gasteiger partial charge is 0.376 e. The molecule has 0 bridgehead atoms. The molecule has 1 aliphatic heterocycles. The molecule has 1 aliphatic rings. The maximum atomic E-state index is 12.1. The van der Waals surface area contributed by atoms with E-state index in [2.05, 4.69) is 5.32 Å². The summed E-state index contributed by atoms with van der Waals surface area (Å²) in [6.07, 6.45) is 2.29. The second-order valence-corrected chi connectivity index (χ2v) is 4.73. The lowest BCUT2D eigenvalue weighted by molar-refractivity contribution is 0.0707. The molecular weight excluding hydrogens is 216 g/mol. The first-order valence-corrected chi connectivity index (χ1v) is 6.14. The Kier molecular flexibility index (Phi) is 3.52. The van der Waals surface area contributed by atoms with E-state index in [1.54, 1.807) is 0 Å². The molecule has 1 aromatic heterocycles. The Morgan fingerprint density at radius 1 is 1.59 bits per heavy atom. The van der Waals surface area contributed by atoms with Crippen LogP contribution in [0.15, 0.2) is 12.1 Å². The number of rotatable bonds is 3. The molecule has 2 rings (SSSR count). The lowest BCUT2D eigenvalue weighted by atomic mass is 10.1. The highest BCUT2D eigenvalue weighted by atomic mass is 16.5. The van der Waals surface area contributed by atoms with E-state index in [4.69, 9.17) is 4.74 Å². The molecule has 1 fully saturated rings. The van der Waals surface area contributed by atoms with E-state index >= 15 is 0 Å². The summed E-state index contributed by atoms with van der Waals surface area (Å²) in [5.74, 6) is -0.0244. The van der Waals surface area contributed by atoms with E-state index in [0.717, 1.165) is 25.1 Å². The number of amides is 1. The summed E-state index contributed by atoms with van der Waals surface area (Å²) in [7, 11) is 1.90. The summed E-state index contributed by atoms with van der Waals surface area (Å²) in [6, 6.07) is 3.87. The Morgan fingerprint density at radius 2 is 2.35 bits per heavy atom. The molecule has 4 nitrogen and oxygen atoms in total. The Hall–Kier alpha value is -1.29. The van der Waals surface area contributed by atoms with E-state index < -0.39 is 0 Å². The predicted octanol–water partition coefficient (Wildman–Crippen LogP) is 1.63. The Balaban J connectivity index is 1.99. The molecule has 1 aromatic rings. The molecule has 1 saturated heterocycles. The zero-order chi connectivity index (χ0) is 12.4. The molecule has 0 spiro atoms. The Labute approximate surface area is 102 Å². The smallest absolute Gasteiger partial charge is 0.268 e. The minimum atomic E-state index is -0.0244. The average molecular weight is 236 g/mol. The van der Waals surface area contributed by atoms with Gasteiger partial charge in [0.15, 0.2) is 0 Å². The number of nitrogens with zero attached hydrogens (tertiary/aromatic N) is 1. The van der Waals surface area contributed by atoms with Crippen LogP contribution < -0.4 is 5.32 Å². The third-order valence-corrected chi connectivity index (χ3v) is 3.49. The highest BCUT2D eigenvalue weighted by molar-refractivity contribution is 5.93. The van der Waals surface area contributed by atoms with E-state index in [-0.39, 0.29) is 18.1 Å². The molecular formula is C13H20N2O2. The van der Waals surface area contributed by atoms with Gasteiger partial charge in [-0.3, -0.25) is 4.79 Å². The van der Waals surface area contributed by atoms with Crippen LogP contribution in [0.25, 0.3) is 0 Å². The van der Waals surface area contributed by atoms with Crippen LogP contribution in [0.3, 0.4) is 0 Å². The van der Waals surface area contributed by atoms with E-state index in [0.29, 0.717) is 5.69 Å². The van der Waals surface area contributed by atoms with Crippen molar-refractivity contribution in [2.45, 2.75) is 38.8 Å². The average Bonchev–Trinajstić information content (AvgIpc) is 2.90. The first-order valence-electron chi connectivity index (χ1n) is 6.14. The van der Waals surface area contributed by atoms with Gasteiger partial charge in [-0.2, -0.15) is 0 Å². The zero-order valence-electron chi connectivity index (χ0n) is 10.7. The standard InChI is InChI=1S/C13H20N2O2/c1-9-6-7-11(15(9)3)13(16)14-10(2)12-5-4-8-17-12/h6-7,10,12H,4-5,8H2,1-3H3,(H,14,16)/t10-,12+/m0/s1. The van der Waals surface area contributed by atoms with Crippen molar-refractivity contribution in [1.82, 2.24) is 9.88 Å². The van der Waals surface area contributed by atoms with Gasteiger partial charge < -0.3 is 14.6 Å². The molecule has 1 N–H and O–H groups in total. The van der Waals surface area contributed by atoms with Gasteiger partial charge in [-0.05, 0) is 38.8 Å². The van der Waals surface area contributed by atoms with Gasteiger partial charge in [0.05, 0.1) is 12.1 Å². The van der Waals surface area contributed by atoms with Crippen molar-refractivity contribution >= 4 is 5.91 Å². The minimum Gasteiger partial charge on any atom is -0.376 e. The van der Waals surface area contributed by atoms with Crippen molar-refractivity contribution < 1.29 is 9.53 Å². The van der Waals surface area contributed by atoms with Gasteiger partial charge in [0, 0.05) is 19.3 Å². The molecule has 0 radical (unpaired) electrons. The molecule has 17 heavy (non-hydrogen) atoms. The third kappa shape index (κ3) is 2.52. The molecule has 1 amide bonds. The molecule has 2 atom stereocenters. The Bertz CT molecular complexity index is 406. The summed E-state index contributed by atoms with van der Waals surface area (Å²) in [5.41, 5.74) is 1.78. The molecule has 0 saturated carbocycles. The number of aromatic nitrogens is 1. The van der Waals surface area contributed by atoms with Gasteiger partial charge in [-0.1, -0.05) is 0 Å². The normalized spacial score (nSPS) is 21.5. The second-order valence-electron chi connectivity index (χ2n) is 4.73. The van der Waals surface area contributed by atoms with Crippen LogP contribution in [-0.2, 0) is 11.8 Å². The molecule has 0 aromatic carbocycles. The first-order chi connectivity index (χ1) is 8.09. The summed E-state index contributed by atoms with van der Waals surface area (Å²) >= 11 is 0. The second kappa shape index (κ2) is 4.92. The van der Waals surface area contributed by atoms with Gasteiger partial charge in [-0.15, -0.1) is 0 Å². The van der Waals surface area contributed by atoms with Crippen LogP contribution in [0.2, 0.25) is 0 Å². The number of hydrogen-bond acceptors (Lipinski definition) is 2. The van der Waals surface area contributed by atoms with E-state index in [1.807, 2.05) is 37.6 Å². The quantitative estimate of drug-likeness (QED) is 0.867. The number of carbonyl (C=O) groups excluding carboxylic acids is 1. The van der Waals surface area contributed by atoms with Gasteiger partial charge in [0.25, 0.3) is 5.91 Å². The van der Waals surface area contributed by atoms with Crippen molar-refractivity contribution in [3.8, 4) is 0 Å². The SMILES string of the molecule is Cc1ccc(C(=O)N[C@@H](C)[C@H]2CCCO2)n1C. The van der Waals surface area contributed by atoms with Crippen molar-refractivity contribution in [1.29, 1.82) is 0 Å². The monoisotopic (exact) mass is 236 g/mol. The number of hydrogen-bond donors (Lipinski definition) is 1. The van der Waals surface area contributed by atoms with Crippen LogP contribution >= 0.6 is 0 Å². The number of ether oxygens (including phenoxy) is 1. The first kappa shape index (κ1) is 12.2. The zero-order valence-corrected chi connectivity index (χ0v) is 10.7. The minimum absolute atomic E-state index is 0.0244. The maximum Gasteiger partial charge on any atom is 0.268 e. The summed E-state index contributed by atoms with van der Waals surface area (Å²) in [5, 5.41) is 3.01. The van der Waals surface area contributed by atoms with Gasteiger partial charge >= 0.3 is 0 Å². The van der Waals surface area contributed by atoms with Crippen LogP contribution in [0.1, 0.15) is 35.9 Å². The number of carbonyl (C=O) groups is 1. The highest BCUT2D eigenvalue weighted by Gasteiger charge is 2.24. The van der Waals surface area contributed by atoms with Crippen LogP contribution in [0.4, 0.5) is 0 Å². The van der Waals surface area contributed by atoms with Crippen molar-refractivity contribution in [3.63, 3.8) is 0 Å². The number of nitrogens with one attached hydrogen (secondary N) is 1. The van der Waals surface area contributed by atoms with Crippen molar-refractivity contribution in [3.05, 3.63) is 23.5 Å². The molecule has 94 valence electrons. The van der Waals surface area contributed by atoms with Gasteiger partial charge in [0.2, 0.25) is 0 Å². The van der Waals surface area contributed by atoms with Crippen LogP contribution in [0, 0.1) is 6.92 Å². The fourth-order valence-electron chi connectivity index (χ4n) is 2.21. The fraction of sp³-hybridized carbons (Fsp3) is 0.615. The van der Waals surface area contributed by atoms with E-state index in [9.17, 15) is 4.79 Å². The number of aryl methyl sites for hydroxylation is 1.